The molecule has 4 aromatic carbocycles. The Morgan fingerprint density at radius 1 is 0.833 bits per heavy atom. The molecule has 0 atom stereocenters. The van der Waals surface area contributed by atoms with Crippen LogP contribution in [0.3, 0.4) is 0 Å². The number of hydrogen-bond acceptors (Lipinski definition) is 1. The summed E-state index contributed by atoms with van der Waals surface area (Å²) in [6.07, 6.45) is 3.03. The Labute approximate surface area is 176 Å². The maximum atomic E-state index is 4.90. The van der Waals surface area contributed by atoms with E-state index in [4.69, 9.17) is 4.98 Å². The van der Waals surface area contributed by atoms with Crippen LogP contribution < -0.4 is 0 Å². The maximum Gasteiger partial charge on any atom is 0.0793 e. The van der Waals surface area contributed by atoms with Crippen molar-refractivity contribution in [1.29, 1.82) is 0 Å². The molecule has 0 bridgehead atoms. The monoisotopic (exact) mass is 390 g/mol. The third-order valence-corrected chi connectivity index (χ3v) is 6.69. The number of benzene rings is 4. The summed E-state index contributed by atoms with van der Waals surface area (Å²) in [5, 5.41) is 10.5. The fourth-order valence-electron chi connectivity index (χ4n) is 5.42. The number of aromatic nitrogens is 2. The number of fused-ring (bicyclic) bond motifs is 4. The molecule has 0 amide bonds. The van der Waals surface area contributed by atoms with Crippen LogP contribution in [0.1, 0.15) is 32.0 Å². The van der Waals surface area contributed by atoms with Crippen molar-refractivity contribution in [1.82, 2.24) is 9.55 Å². The highest BCUT2D eigenvalue weighted by molar-refractivity contribution is 6.34. The highest BCUT2D eigenvalue weighted by Crippen LogP contribution is 2.45. The second-order valence-corrected chi connectivity index (χ2v) is 10.0. The van der Waals surface area contributed by atoms with Gasteiger partial charge in [-0.3, -0.25) is 4.98 Å². The first kappa shape index (κ1) is 17.7. The molecule has 0 aliphatic carbocycles. The van der Waals surface area contributed by atoms with E-state index in [9.17, 15) is 0 Å². The van der Waals surface area contributed by atoms with Gasteiger partial charge in [-0.2, -0.15) is 0 Å². The molecule has 0 unspecified atom stereocenters. The summed E-state index contributed by atoms with van der Waals surface area (Å²) in [5.74, 6) is 0. The van der Waals surface area contributed by atoms with Crippen molar-refractivity contribution in [3.05, 3.63) is 66.0 Å². The molecule has 2 heterocycles. The van der Waals surface area contributed by atoms with E-state index in [0.29, 0.717) is 0 Å². The van der Waals surface area contributed by atoms with Gasteiger partial charge >= 0.3 is 0 Å². The first-order chi connectivity index (χ1) is 14.3. The summed E-state index contributed by atoms with van der Waals surface area (Å²) >= 11 is 0. The van der Waals surface area contributed by atoms with Crippen molar-refractivity contribution >= 4 is 54.1 Å². The summed E-state index contributed by atoms with van der Waals surface area (Å²) in [7, 11) is 2.22. The largest absolute Gasteiger partial charge is 0.347 e. The van der Waals surface area contributed by atoms with Gasteiger partial charge in [0.1, 0.15) is 0 Å². The minimum absolute atomic E-state index is 0.229. The van der Waals surface area contributed by atoms with Crippen LogP contribution in [0.5, 0.6) is 0 Å². The minimum Gasteiger partial charge on any atom is -0.347 e. The van der Waals surface area contributed by atoms with Crippen molar-refractivity contribution in [3.63, 3.8) is 0 Å². The molecule has 2 nitrogen and oxygen atoms in total. The van der Waals surface area contributed by atoms with Gasteiger partial charge in [0.05, 0.1) is 11.0 Å². The van der Waals surface area contributed by atoms with E-state index < -0.39 is 0 Å². The topological polar surface area (TPSA) is 17.8 Å². The Balaban J connectivity index is 1.93. The van der Waals surface area contributed by atoms with Crippen molar-refractivity contribution in [2.45, 2.75) is 34.1 Å². The normalized spacial score (nSPS) is 13.0. The SMILES string of the molecule is Cc1c2c3cc4ccccc4cc3c3nccc4cc(CC(C)(C)C)c(c2c43)n1C. The highest BCUT2D eigenvalue weighted by atomic mass is 14.9. The lowest BCUT2D eigenvalue weighted by molar-refractivity contribution is 0.412. The summed E-state index contributed by atoms with van der Waals surface area (Å²) in [4.78, 5) is 4.90. The molecule has 6 rings (SSSR count). The van der Waals surface area contributed by atoms with Gasteiger partial charge in [-0.05, 0) is 70.1 Å². The zero-order valence-electron chi connectivity index (χ0n) is 18.3. The fourth-order valence-corrected chi connectivity index (χ4v) is 5.42. The lowest BCUT2D eigenvalue weighted by Gasteiger charge is -2.21. The molecular weight excluding hydrogens is 364 g/mol. The number of pyridine rings is 1. The van der Waals surface area contributed by atoms with Gasteiger partial charge in [0.2, 0.25) is 0 Å². The van der Waals surface area contributed by atoms with Gasteiger partial charge in [0.25, 0.3) is 0 Å². The van der Waals surface area contributed by atoms with Crippen LogP contribution in [0.4, 0.5) is 0 Å². The summed E-state index contributed by atoms with van der Waals surface area (Å²) in [6, 6.07) is 17.9. The smallest absolute Gasteiger partial charge is 0.0793 e. The summed E-state index contributed by atoms with van der Waals surface area (Å²) in [5.41, 5.74) is 5.49. The highest BCUT2D eigenvalue weighted by Gasteiger charge is 2.24. The third-order valence-electron chi connectivity index (χ3n) is 6.69. The van der Waals surface area contributed by atoms with Gasteiger partial charge in [-0.1, -0.05) is 45.0 Å². The van der Waals surface area contributed by atoms with Crippen molar-refractivity contribution in [2.24, 2.45) is 12.5 Å². The molecular formula is C28H26N2. The molecule has 148 valence electrons. The van der Waals surface area contributed by atoms with Crippen molar-refractivity contribution in [2.75, 3.05) is 0 Å². The third kappa shape index (κ3) is 2.28. The fraction of sp³-hybridized carbons (Fsp3) is 0.250. The van der Waals surface area contributed by atoms with E-state index >= 15 is 0 Å². The van der Waals surface area contributed by atoms with Crippen molar-refractivity contribution < 1.29 is 0 Å². The second kappa shape index (κ2) is 5.72. The van der Waals surface area contributed by atoms with E-state index in [2.05, 4.69) is 87.8 Å². The lowest BCUT2D eigenvalue weighted by atomic mass is 9.85. The molecule has 0 aliphatic rings. The van der Waals surface area contributed by atoms with E-state index in [1.54, 1.807) is 0 Å². The lowest BCUT2D eigenvalue weighted by Crippen LogP contribution is -2.10. The Kier molecular flexibility index (Phi) is 3.38. The Morgan fingerprint density at radius 3 is 2.23 bits per heavy atom. The van der Waals surface area contributed by atoms with Crippen LogP contribution in [0.2, 0.25) is 0 Å². The Bertz CT molecular complexity index is 1610. The molecule has 2 aromatic heterocycles. The molecule has 0 N–H and O–H groups in total. The summed E-state index contributed by atoms with van der Waals surface area (Å²) < 4.78 is 2.41. The second-order valence-electron chi connectivity index (χ2n) is 10.0. The molecule has 30 heavy (non-hydrogen) atoms. The summed E-state index contributed by atoms with van der Waals surface area (Å²) in [6.45, 7) is 9.24. The molecule has 2 heteroatoms. The first-order valence-corrected chi connectivity index (χ1v) is 10.8. The predicted molar refractivity (Wildman–Crippen MR) is 130 cm³/mol. The van der Waals surface area contributed by atoms with Crippen LogP contribution in [0.15, 0.2) is 54.7 Å². The zero-order chi connectivity index (χ0) is 20.8. The molecule has 6 aromatic rings. The van der Waals surface area contributed by atoms with Gasteiger partial charge < -0.3 is 4.57 Å². The number of hydrogen-bond donors (Lipinski definition) is 0. The first-order valence-electron chi connectivity index (χ1n) is 10.8. The quantitative estimate of drug-likeness (QED) is 0.210. The molecule has 0 saturated heterocycles. The van der Waals surface area contributed by atoms with Crippen LogP contribution >= 0.6 is 0 Å². The number of nitrogens with zero attached hydrogens (tertiary/aromatic N) is 2. The van der Waals surface area contributed by atoms with Gasteiger partial charge in [-0.15, -0.1) is 0 Å². The zero-order valence-corrected chi connectivity index (χ0v) is 18.3. The van der Waals surface area contributed by atoms with Crippen LogP contribution in [0, 0.1) is 12.3 Å². The van der Waals surface area contributed by atoms with Gasteiger partial charge in [-0.25, -0.2) is 0 Å². The molecule has 0 spiro atoms. The molecule has 0 fully saturated rings. The van der Waals surface area contributed by atoms with Crippen LogP contribution in [0.25, 0.3) is 54.1 Å². The molecule has 0 saturated carbocycles. The number of rotatable bonds is 1. The van der Waals surface area contributed by atoms with Gasteiger partial charge in [0.15, 0.2) is 0 Å². The van der Waals surface area contributed by atoms with Crippen LogP contribution in [-0.4, -0.2) is 9.55 Å². The van der Waals surface area contributed by atoms with E-state index in [1.165, 1.54) is 59.9 Å². The minimum atomic E-state index is 0.229. The van der Waals surface area contributed by atoms with Crippen molar-refractivity contribution in [3.8, 4) is 0 Å². The van der Waals surface area contributed by atoms with E-state index in [0.717, 1.165) is 11.9 Å². The number of aryl methyl sites for hydroxylation is 2. The Hall–Kier alpha value is -3.13. The van der Waals surface area contributed by atoms with E-state index in [1.807, 2.05) is 6.20 Å². The molecule has 0 aliphatic heterocycles. The van der Waals surface area contributed by atoms with Gasteiger partial charge in [0, 0.05) is 40.5 Å². The predicted octanol–water partition coefficient (Wildman–Crippen LogP) is 7.52. The standard InChI is InChI=1S/C28H26N2/c1-16-23-21-13-17-8-6-7-9-18(17)14-22(21)26-24-19(10-11-29-26)12-20(15-28(2,3)4)27(25(23)24)30(16)5/h6-14H,15H2,1-5H3. The Morgan fingerprint density at radius 2 is 1.53 bits per heavy atom. The average Bonchev–Trinajstić information content (AvgIpc) is 2.97. The average molecular weight is 391 g/mol. The van der Waals surface area contributed by atoms with Crippen LogP contribution in [-0.2, 0) is 13.5 Å². The molecule has 0 radical (unpaired) electrons. The van der Waals surface area contributed by atoms with E-state index in [-0.39, 0.29) is 5.41 Å². The maximum absolute atomic E-state index is 4.90.